The predicted octanol–water partition coefficient (Wildman–Crippen LogP) is 4.15. The SMILES string of the molecule is Cc1ccc(C(=O)OCc2ncc(-c3ccccc3)o2)cc1F. The average Bonchev–Trinajstić information content (AvgIpc) is 3.05. The first-order valence-corrected chi connectivity index (χ1v) is 7.07. The number of hydrogen-bond donors (Lipinski definition) is 0. The fourth-order valence-electron chi connectivity index (χ4n) is 2.04. The molecule has 5 heteroatoms. The van der Waals surface area contributed by atoms with Gasteiger partial charge >= 0.3 is 5.97 Å². The van der Waals surface area contributed by atoms with E-state index in [0.29, 0.717) is 11.3 Å². The third kappa shape index (κ3) is 3.45. The molecule has 116 valence electrons. The highest BCUT2D eigenvalue weighted by Crippen LogP contribution is 2.20. The van der Waals surface area contributed by atoms with Crippen LogP contribution in [0.1, 0.15) is 21.8 Å². The van der Waals surface area contributed by atoms with Gasteiger partial charge in [-0.3, -0.25) is 0 Å². The van der Waals surface area contributed by atoms with Gasteiger partial charge in [0.15, 0.2) is 12.4 Å². The summed E-state index contributed by atoms with van der Waals surface area (Å²) in [4.78, 5) is 16.0. The van der Waals surface area contributed by atoms with Crippen molar-refractivity contribution in [2.45, 2.75) is 13.5 Å². The zero-order valence-electron chi connectivity index (χ0n) is 12.5. The van der Waals surface area contributed by atoms with Crippen molar-refractivity contribution in [3.63, 3.8) is 0 Å². The molecule has 3 aromatic rings. The van der Waals surface area contributed by atoms with E-state index in [1.165, 1.54) is 12.1 Å². The molecule has 2 aromatic carbocycles. The van der Waals surface area contributed by atoms with E-state index in [-0.39, 0.29) is 18.1 Å². The Labute approximate surface area is 132 Å². The van der Waals surface area contributed by atoms with Crippen molar-refractivity contribution in [1.29, 1.82) is 0 Å². The Morgan fingerprint density at radius 1 is 1.22 bits per heavy atom. The van der Waals surface area contributed by atoms with Crippen LogP contribution >= 0.6 is 0 Å². The molecular formula is C18H14FNO3. The Hall–Kier alpha value is -2.95. The Balaban J connectivity index is 1.65. The van der Waals surface area contributed by atoms with Crippen molar-refractivity contribution < 1.29 is 18.3 Å². The number of aromatic nitrogens is 1. The highest BCUT2D eigenvalue weighted by atomic mass is 19.1. The van der Waals surface area contributed by atoms with Gasteiger partial charge in [-0.15, -0.1) is 0 Å². The first kappa shape index (κ1) is 15.0. The molecule has 1 aromatic heterocycles. The standard InChI is InChI=1S/C18H14FNO3/c1-12-7-8-14(9-15(12)19)18(21)22-11-17-20-10-16(23-17)13-5-3-2-4-6-13/h2-10H,11H2,1H3. The molecule has 3 rings (SSSR count). The quantitative estimate of drug-likeness (QED) is 0.679. The first-order chi connectivity index (χ1) is 11.1. The molecule has 0 spiro atoms. The fraction of sp³-hybridized carbons (Fsp3) is 0.111. The van der Waals surface area contributed by atoms with Gasteiger partial charge in [-0.25, -0.2) is 14.2 Å². The minimum atomic E-state index is -0.622. The zero-order chi connectivity index (χ0) is 16.2. The van der Waals surface area contributed by atoms with E-state index in [1.807, 2.05) is 30.3 Å². The van der Waals surface area contributed by atoms with Crippen LogP contribution in [0.5, 0.6) is 0 Å². The van der Waals surface area contributed by atoms with E-state index in [0.717, 1.165) is 11.6 Å². The molecule has 23 heavy (non-hydrogen) atoms. The average molecular weight is 311 g/mol. The zero-order valence-corrected chi connectivity index (χ0v) is 12.5. The molecule has 1 heterocycles. The predicted molar refractivity (Wildman–Crippen MR) is 82.2 cm³/mol. The topological polar surface area (TPSA) is 52.3 Å². The van der Waals surface area contributed by atoms with Gasteiger partial charge in [-0.2, -0.15) is 0 Å². The summed E-state index contributed by atoms with van der Waals surface area (Å²) in [6, 6.07) is 13.7. The first-order valence-electron chi connectivity index (χ1n) is 7.07. The van der Waals surface area contributed by atoms with Crippen LogP contribution in [0.3, 0.4) is 0 Å². The maximum Gasteiger partial charge on any atom is 0.338 e. The fourth-order valence-corrected chi connectivity index (χ4v) is 2.04. The van der Waals surface area contributed by atoms with Crippen LogP contribution in [0.15, 0.2) is 59.1 Å². The number of hydrogen-bond acceptors (Lipinski definition) is 4. The maximum absolute atomic E-state index is 13.5. The van der Waals surface area contributed by atoms with Gasteiger partial charge in [-0.05, 0) is 24.6 Å². The largest absolute Gasteiger partial charge is 0.452 e. The molecule has 4 nitrogen and oxygen atoms in total. The molecule has 0 saturated heterocycles. The van der Waals surface area contributed by atoms with Gasteiger partial charge in [0.05, 0.1) is 11.8 Å². The number of rotatable bonds is 4. The Kier molecular flexibility index (Phi) is 4.19. The lowest BCUT2D eigenvalue weighted by molar-refractivity contribution is 0.0438. The third-order valence-electron chi connectivity index (χ3n) is 3.35. The second-order valence-electron chi connectivity index (χ2n) is 5.02. The van der Waals surface area contributed by atoms with Crippen LogP contribution in [-0.2, 0) is 11.3 Å². The molecule has 0 N–H and O–H groups in total. The van der Waals surface area contributed by atoms with Gasteiger partial charge in [0.1, 0.15) is 5.82 Å². The van der Waals surface area contributed by atoms with E-state index in [2.05, 4.69) is 4.98 Å². The number of esters is 1. The number of nitrogens with zero attached hydrogens (tertiary/aromatic N) is 1. The number of halogens is 1. The number of carbonyl (C=O) groups is 1. The molecule has 0 radical (unpaired) electrons. The summed E-state index contributed by atoms with van der Waals surface area (Å²) in [5.74, 6) is -0.187. The van der Waals surface area contributed by atoms with Crippen molar-refractivity contribution in [1.82, 2.24) is 4.98 Å². The molecule has 0 aliphatic rings. The van der Waals surface area contributed by atoms with E-state index < -0.39 is 11.8 Å². The van der Waals surface area contributed by atoms with Crippen LogP contribution in [0.25, 0.3) is 11.3 Å². The van der Waals surface area contributed by atoms with E-state index in [9.17, 15) is 9.18 Å². The summed E-state index contributed by atoms with van der Waals surface area (Å²) >= 11 is 0. The highest BCUT2D eigenvalue weighted by molar-refractivity contribution is 5.89. The molecule has 0 unspecified atom stereocenters. The van der Waals surface area contributed by atoms with E-state index >= 15 is 0 Å². The second kappa shape index (κ2) is 6.44. The summed E-state index contributed by atoms with van der Waals surface area (Å²) in [5, 5.41) is 0. The summed E-state index contributed by atoms with van der Waals surface area (Å²) in [6.07, 6.45) is 1.57. The molecule has 0 saturated carbocycles. The van der Waals surface area contributed by atoms with Gasteiger partial charge in [0, 0.05) is 5.56 Å². The van der Waals surface area contributed by atoms with Crippen molar-refractivity contribution in [2.75, 3.05) is 0 Å². The molecular weight excluding hydrogens is 297 g/mol. The second-order valence-corrected chi connectivity index (χ2v) is 5.02. The smallest absolute Gasteiger partial charge is 0.338 e. The van der Waals surface area contributed by atoms with Crippen molar-refractivity contribution >= 4 is 5.97 Å². The van der Waals surface area contributed by atoms with Crippen molar-refractivity contribution in [3.05, 3.63) is 77.6 Å². The van der Waals surface area contributed by atoms with Crippen LogP contribution in [-0.4, -0.2) is 11.0 Å². The minimum Gasteiger partial charge on any atom is -0.452 e. The normalized spacial score (nSPS) is 10.5. The lowest BCUT2D eigenvalue weighted by atomic mass is 10.1. The number of aryl methyl sites for hydroxylation is 1. The van der Waals surface area contributed by atoms with Crippen molar-refractivity contribution in [3.8, 4) is 11.3 Å². The number of oxazole rings is 1. The molecule has 0 bridgehead atoms. The maximum atomic E-state index is 13.5. The summed E-state index contributed by atoms with van der Waals surface area (Å²) in [7, 11) is 0. The van der Waals surface area contributed by atoms with Crippen LogP contribution < -0.4 is 0 Å². The summed E-state index contributed by atoms with van der Waals surface area (Å²) in [5.41, 5.74) is 1.52. The van der Waals surface area contributed by atoms with Crippen LogP contribution in [0, 0.1) is 12.7 Å². The molecule has 0 aliphatic carbocycles. The number of ether oxygens (including phenoxy) is 1. The van der Waals surface area contributed by atoms with Gasteiger partial charge in [0.2, 0.25) is 5.89 Å². The lowest BCUT2D eigenvalue weighted by Gasteiger charge is -2.03. The van der Waals surface area contributed by atoms with Crippen molar-refractivity contribution in [2.24, 2.45) is 0 Å². The van der Waals surface area contributed by atoms with Gasteiger partial charge in [0.25, 0.3) is 0 Å². The van der Waals surface area contributed by atoms with Crippen LogP contribution in [0.4, 0.5) is 4.39 Å². The Morgan fingerprint density at radius 2 is 2.00 bits per heavy atom. The number of carbonyl (C=O) groups excluding carboxylic acids is 1. The van der Waals surface area contributed by atoms with Gasteiger partial charge in [-0.1, -0.05) is 36.4 Å². The lowest BCUT2D eigenvalue weighted by Crippen LogP contribution is -2.06. The number of benzene rings is 2. The van der Waals surface area contributed by atoms with Gasteiger partial charge < -0.3 is 9.15 Å². The Bertz CT molecular complexity index is 827. The van der Waals surface area contributed by atoms with Crippen LogP contribution in [0.2, 0.25) is 0 Å². The molecule has 0 atom stereocenters. The van der Waals surface area contributed by atoms with E-state index in [4.69, 9.17) is 9.15 Å². The third-order valence-corrected chi connectivity index (χ3v) is 3.35. The molecule has 0 amide bonds. The summed E-state index contributed by atoms with van der Waals surface area (Å²) in [6.45, 7) is 1.52. The Morgan fingerprint density at radius 3 is 2.74 bits per heavy atom. The summed E-state index contributed by atoms with van der Waals surface area (Å²) < 4.78 is 24.1. The minimum absolute atomic E-state index is 0.110. The highest BCUT2D eigenvalue weighted by Gasteiger charge is 2.12. The van der Waals surface area contributed by atoms with E-state index in [1.54, 1.807) is 13.1 Å². The molecule has 0 aliphatic heterocycles. The molecule has 0 fully saturated rings. The monoisotopic (exact) mass is 311 g/mol.